The number of hydrogen-bond acceptors (Lipinski definition) is 7. The fraction of sp³-hybridized carbons (Fsp3) is 0.167. The Hall–Kier alpha value is -2.70. The fourth-order valence-corrected chi connectivity index (χ4v) is 1.55. The van der Waals surface area contributed by atoms with Gasteiger partial charge in [0.25, 0.3) is 0 Å². The van der Waals surface area contributed by atoms with Gasteiger partial charge >= 0.3 is 11.6 Å². The first-order valence-corrected chi connectivity index (χ1v) is 5.29. The lowest BCUT2D eigenvalue weighted by atomic mass is 10.2. The molecule has 2 aromatic rings. The summed E-state index contributed by atoms with van der Waals surface area (Å²) in [7, 11) is 1.10. The van der Waals surface area contributed by atoms with Crippen molar-refractivity contribution in [3.63, 3.8) is 0 Å². The number of esters is 1. The van der Waals surface area contributed by atoms with Crippen LogP contribution in [0.5, 0.6) is 0 Å². The molecule has 1 aromatic carbocycles. The Bertz CT molecular complexity index is 732. The lowest BCUT2D eigenvalue weighted by molar-refractivity contribution is -0.132. The van der Waals surface area contributed by atoms with Crippen LogP contribution < -0.4 is 5.63 Å². The highest BCUT2D eigenvalue weighted by Crippen LogP contribution is 2.12. The van der Waals surface area contributed by atoms with E-state index in [1.165, 1.54) is 0 Å². The van der Waals surface area contributed by atoms with E-state index >= 15 is 0 Å². The van der Waals surface area contributed by atoms with Gasteiger partial charge in [0.2, 0.25) is 5.71 Å². The zero-order chi connectivity index (χ0) is 14.0. The summed E-state index contributed by atoms with van der Waals surface area (Å²) in [6, 6.07) is 5.03. The van der Waals surface area contributed by atoms with Gasteiger partial charge in [-0.3, -0.25) is 0 Å². The minimum Gasteiger partial charge on any atom is -0.464 e. The van der Waals surface area contributed by atoms with E-state index < -0.39 is 23.0 Å². The van der Waals surface area contributed by atoms with E-state index in [-0.39, 0.29) is 5.58 Å². The molecular formula is C12H10N2O5. The molecule has 0 aliphatic rings. The van der Waals surface area contributed by atoms with Gasteiger partial charge in [-0.2, -0.15) is 0 Å². The lowest BCUT2D eigenvalue weighted by Gasteiger charge is -2.02. The number of aryl methyl sites for hydroxylation is 1. The van der Waals surface area contributed by atoms with E-state index in [9.17, 15) is 9.59 Å². The maximum Gasteiger partial charge on any atom is 0.365 e. The number of rotatable bonds is 2. The van der Waals surface area contributed by atoms with Crippen LogP contribution in [0.15, 0.2) is 32.6 Å². The molecule has 0 saturated heterocycles. The second-order valence-corrected chi connectivity index (χ2v) is 3.76. The molecule has 0 saturated carbocycles. The summed E-state index contributed by atoms with van der Waals surface area (Å²) < 4.78 is 9.41. The van der Waals surface area contributed by atoms with E-state index in [0.29, 0.717) is 5.52 Å². The number of carbonyl (C=O) groups is 1. The Balaban J connectivity index is 2.70. The summed E-state index contributed by atoms with van der Waals surface area (Å²) in [6.07, 6.45) is 0. The van der Waals surface area contributed by atoms with Crippen molar-refractivity contribution in [3.05, 3.63) is 39.9 Å². The number of aromatic nitrogens is 1. The summed E-state index contributed by atoms with van der Waals surface area (Å²) in [4.78, 5) is 27.1. The highest BCUT2D eigenvalue weighted by atomic mass is 16.5. The van der Waals surface area contributed by atoms with Crippen LogP contribution >= 0.6 is 0 Å². The number of methoxy groups -OCH3 is 1. The first-order chi connectivity index (χ1) is 9.06. The number of benzene rings is 1. The molecule has 7 nitrogen and oxygen atoms in total. The van der Waals surface area contributed by atoms with Crippen molar-refractivity contribution in [1.29, 1.82) is 0 Å². The van der Waals surface area contributed by atoms with E-state index in [4.69, 9.17) is 9.62 Å². The quantitative estimate of drug-likeness (QED) is 0.372. The molecule has 0 amide bonds. The molecule has 98 valence electrons. The molecule has 0 aliphatic heterocycles. The minimum atomic E-state index is -0.977. The monoisotopic (exact) mass is 262 g/mol. The molecule has 19 heavy (non-hydrogen) atoms. The zero-order valence-electron chi connectivity index (χ0n) is 10.2. The van der Waals surface area contributed by atoms with Gasteiger partial charge in [0.15, 0.2) is 11.3 Å². The van der Waals surface area contributed by atoms with E-state index in [2.05, 4.69) is 14.9 Å². The highest BCUT2D eigenvalue weighted by Gasteiger charge is 2.22. The smallest absolute Gasteiger partial charge is 0.365 e. The molecule has 2 rings (SSSR count). The number of oxime groups is 1. The van der Waals surface area contributed by atoms with Gasteiger partial charge < -0.3 is 14.4 Å². The standard InChI is InChI=1S/C12H10N2O5/c1-6-3-4-8-7(5-6)13-9(12(16)19-8)10(14-17)11(15)18-2/h3-5,17H,1-2H3/b14-10-. The van der Waals surface area contributed by atoms with E-state index in [1.54, 1.807) is 18.2 Å². The molecule has 0 unspecified atom stereocenters. The maximum atomic E-state index is 11.7. The van der Waals surface area contributed by atoms with Gasteiger partial charge in [0, 0.05) is 0 Å². The van der Waals surface area contributed by atoms with Crippen molar-refractivity contribution in [2.45, 2.75) is 6.92 Å². The van der Waals surface area contributed by atoms with Gasteiger partial charge in [-0.15, -0.1) is 0 Å². The van der Waals surface area contributed by atoms with Gasteiger partial charge in [-0.25, -0.2) is 14.6 Å². The number of fused-ring (bicyclic) bond motifs is 1. The van der Waals surface area contributed by atoms with Crippen molar-refractivity contribution < 1.29 is 19.2 Å². The molecule has 1 heterocycles. The maximum absolute atomic E-state index is 11.7. The van der Waals surface area contributed by atoms with E-state index in [0.717, 1.165) is 12.7 Å². The summed E-state index contributed by atoms with van der Waals surface area (Å²) in [6.45, 7) is 1.84. The molecule has 0 aliphatic carbocycles. The third-order valence-electron chi connectivity index (χ3n) is 2.45. The summed E-state index contributed by atoms with van der Waals surface area (Å²) in [5.41, 5.74) is -0.317. The largest absolute Gasteiger partial charge is 0.464 e. The topological polar surface area (TPSA) is 102 Å². The molecule has 0 fully saturated rings. The van der Waals surface area contributed by atoms with Crippen molar-refractivity contribution in [1.82, 2.24) is 4.98 Å². The SMILES string of the molecule is COC(=O)/C(=N\O)c1nc2cc(C)ccc2oc1=O. The van der Waals surface area contributed by atoms with Crippen LogP contribution in [0.3, 0.4) is 0 Å². The molecule has 0 spiro atoms. The lowest BCUT2D eigenvalue weighted by Crippen LogP contribution is -2.25. The van der Waals surface area contributed by atoms with Gasteiger partial charge in [-0.1, -0.05) is 11.2 Å². The summed E-state index contributed by atoms with van der Waals surface area (Å²) in [5.74, 6) is -0.977. The number of hydrogen-bond donors (Lipinski definition) is 1. The van der Waals surface area contributed by atoms with Crippen molar-refractivity contribution in [2.24, 2.45) is 5.16 Å². The first kappa shape index (κ1) is 12.7. The Morgan fingerprint density at radius 2 is 2.21 bits per heavy atom. The molecule has 0 radical (unpaired) electrons. The van der Waals surface area contributed by atoms with Crippen LogP contribution in [0.4, 0.5) is 0 Å². The number of ether oxygens (including phenoxy) is 1. The third-order valence-corrected chi connectivity index (χ3v) is 2.45. The second kappa shape index (κ2) is 4.89. The Labute approximate surface area is 107 Å². The Morgan fingerprint density at radius 1 is 1.47 bits per heavy atom. The third kappa shape index (κ3) is 2.30. The Morgan fingerprint density at radius 3 is 2.84 bits per heavy atom. The second-order valence-electron chi connectivity index (χ2n) is 3.76. The molecule has 7 heteroatoms. The normalized spacial score (nSPS) is 11.6. The van der Waals surface area contributed by atoms with Crippen LogP contribution in [0, 0.1) is 6.92 Å². The molecule has 0 bridgehead atoms. The van der Waals surface area contributed by atoms with Crippen LogP contribution in [0.1, 0.15) is 11.3 Å². The van der Waals surface area contributed by atoms with Crippen molar-refractivity contribution >= 4 is 22.8 Å². The summed E-state index contributed by atoms with van der Waals surface area (Å²) in [5, 5.41) is 11.5. The van der Waals surface area contributed by atoms with Crippen LogP contribution in [-0.2, 0) is 9.53 Å². The first-order valence-electron chi connectivity index (χ1n) is 5.29. The fourth-order valence-electron chi connectivity index (χ4n) is 1.55. The molecule has 0 atom stereocenters. The van der Waals surface area contributed by atoms with Gasteiger partial charge in [0.05, 0.1) is 7.11 Å². The number of carbonyl (C=O) groups excluding carboxylic acids is 1. The Kier molecular flexibility index (Phi) is 3.28. The van der Waals surface area contributed by atoms with Crippen LogP contribution in [-0.4, -0.2) is 29.0 Å². The highest BCUT2D eigenvalue weighted by molar-refractivity contribution is 6.42. The minimum absolute atomic E-state index is 0.279. The summed E-state index contributed by atoms with van der Waals surface area (Å²) >= 11 is 0. The van der Waals surface area contributed by atoms with Gasteiger partial charge in [0.1, 0.15) is 5.52 Å². The van der Waals surface area contributed by atoms with Crippen molar-refractivity contribution in [2.75, 3.05) is 7.11 Å². The molecule has 1 aromatic heterocycles. The van der Waals surface area contributed by atoms with E-state index in [1.807, 2.05) is 6.92 Å². The van der Waals surface area contributed by atoms with Crippen LogP contribution in [0.2, 0.25) is 0 Å². The van der Waals surface area contributed by atoms with Crippen molar-refractivity contribution in [3.8, 4) is 0 Å². The predicted molar refractivity (Wildman–Crippen MR) is 65.4 cm³/mol. The predicted octanol–water partition coefficient (Wildman–Crippen LogP) is 0.848. The average Bonchev–Trinajstić information content (AvgIpc) is 2.40. The molecular weight excluding hydrogens is 252 g/mol. The van der Waals surface area contributed by atoms with Gasteiger partial charge in [-0.05, 0) is 24.6 Å². The zero-order valence-corrected chi connectivity index (χ0v) is 10.2. The average molecular weight is 262 g/mol. The number of nitrogens with zero attached hydrogens (tertiary/aromatic N) is 2. The molecule has 1 N–H and O–H groups in total. The van der Waals surface area contributed by atoms with Crippen LogP contribution in [0.25, 0.3) is 11.1 Å².